The van der Waals surface area contributed by atoms with Crippen molar-refractivity contribution in [3.05, 3.63) is 122 Å². The van der Waals surface area contributed by atoms with Crippen molar-refractivity contribution < 1.29 is 37.6 Å². The Labute approximate surface area is 396 Å². The first-order chi connectivity index (χ1) is 31.8. The fourth-order valence-corrected chi connectivity index (χ4v) is 6.96. The van der Waals surface area contributed by atoms with Gasteiger partial charge >= 0.3 is 19.8 Å². The van der Waals surface area contributed by atoms with Crippen LogP contribution in [0.25, 0.3) is 0 Å². The van der Waals surface area contributed by atoms with Crippen molar-refractivity contribution in [2.45, 2.75) is 187 Å². The fourth-order valence-electron chi connectivity index (χ4n) is 6.19. The maximum absolute atomic E-state index is 12.6. The number of phosphoric acid groups is 1. The Balaban J connectivity index is 4.07. The van der Waals surface area contributed by atoms with E-state index in [1.54, 1.807) is 0 Å². The third-order valence-electron chi connectivity index (χ3n) is 9.86. The van der Waals surface area contributed by atoms with Gasteiger partial charge in [0.05, 0.1) is 13.2 Å². The van der Waals surface area contributed by atoms with Crippen LogP contribution in [0.4, 0.5) is 0 Å². The van der Waals surface area contributed by atoms with E-state index in [9.17, 15) is 19.0 Å². The van der Waals surface area contributed by atoms with Crippen molar-refractivity contribution in [3.8, 4) is 0 Å². The molecule has 368 valence electrons. The lowest BCUT2D eigenvalue weighted by molar-refractivity contribution is -0.161. The van der Waals surface area contributed by atoms with E-state index in [2.05, 4.69) is 135 Å². The summed E-state index contributed by atoms with van der Waals surface area (Å²) in [5.41, 5.74) is 5.35. The SMILES string of the molecule is CC/C=C\C/C=C\C/C=C\C/C=C\C/C=C\C/C=C\C/C=C\C/C=C\C/C=C\C/C=C\CCCCCCC(=O)OC(COC(=O)CCCCCCCCCCC)COP(=O)(O)OCCN. The molecule has 0 aromatic heterocycles. The first-order valence-corrected chi connectivity index (χ1v) is 26.5. The molecular weight excluding hydrogens is 834 g/mol. The fraction of sp³-hybridized carbons (Fsp3) is 0.600. The van der Waals surface area contributed by atoms with Gasteiger partial charge in [0, 0.05) is 19.4 Å². The van der Waals surface area contributed by atoms with Crippen molar-refractivity contribution in [3.63, 3.8) is 0 Å². The van der Waals surface area contributed by atoms with Crippen molar-refractivity contribution >= 4 is 19.8 Å². The number of ether oxygens (including phenoxy) is 2. The normalized spacial score (nSPS) is 14.2. The number of rotatable bonds is 45. The van der Waals surface area contributed by atoms with E-state index >= 15 is 0 Å². The van der Waals surface area contributed by atoms with E-state index in [0.29, 0.717) is 6.42 Å². The minimum absolute atomic E-state index is 0.0433. The Morgan fingerprint density at radius 2 is 0.846 bits per heavy atom. The molecule has 0 heterocycles. The predicted octanol–water partition coefficient (Wildman–Crippen LogP) is 15.3. The third kappa shape index (κ3) is 49.7. The molecule has 0 aliphatic carbocycles. The highest BCUT2D eigenvalue weighted by molar-refractivity contribution is 7.47. The van der Waals surface area contributed by atoms with Crippen LogP contribution in [0.15, 0.2) is 122 Å². The van der Waals surface area contributed by atoms with Crippen LogP contribution in [0.1, 0.15) is 181 Å². The molecule has 10 heteroatoms. The third-order valence-corrected chi connectivity index (χ3v) is 10.8. The molecule has 2 unspecified atom stereocenters. The molecule has 0 rings (SSSR count). The van der Waals surface area contributed by atoms with Crippen LogP contribution in [0.2, 0.25) is 0 Å². The molecule has 0 aliphatic heterocycles. The quantitative estimate of drug-likeness (QED) is 0.0265. The van der Waals surface area contributed by atoms with Crippen LogP contribution in [0.3, 0.4) is 0 Å². The van der Waals surface area contributed by atoms with Crippen molar-refractivity contribution in [2.75, 3.05) is 26.4 Å². The number of unbranched alkanes of at least 4 members (excludes halogenated alkanes) is 12. The van der Waals surface area contributed by atoms with E-state index in [-0.39, 0.29) is 32.6 Å². The summed E-state index contributed by atoms with van der Waals surface area (Å²) in [6.45, 7) is 3.54. The van der Waals surface area contributed by atoms with Gasteiger partial charge in [0.25, 0.3) is 0 Å². The average Bonchev–Trinajstić information content (AvgIpc) is 3.30. The molecule has 0 fully saturated rings. The van der Waals surface area contributed by atoms with E-state index in [1.165, 1.54) is 38.5 Å². The van der Waals surface area contributed by atoms with Crippen LogP contribution < -0.4 is 5.73 Å². The Hall–Kier alpha value is -3.59. The first kappa shape index (κ1) is 61.4. The molecule has 0 aromatic carbocycles. The topological polar surface area (TPSA) is 134 Å². The second-order valence-electron chi connectivity index (χ2n) is 16.0. The summed E-state index contributed by atoms with van der Waals surface area (Å²) in [6, 6.07) is 0. The highest BCUT2D eigenvalue weighted by Gasteiger charge is 2.26. The maximum atomic E-state index is 12.6. The van der Waals surface area contributed by atoms with Crippen molar-refractivity contribution in [1.82, 2.24) is 0 Å². The lowest BCUT2D eigenvalue weighted by atomic mass is 10.1. The molecule has 0 saturated heterocycles. The minimum Gasteiger partial charge on any atom is -0.462 e. The molecule has 0 radical (unpaired) electrons. The average molecular weight is 924 g/mol. The summed E-state index contributed by atoms with van der Waals surface area (Å²) in [5.74, 6) is -0.870. The lowest BCUT2D eigenvalue weighted by Crippen LogP contribution is -2.29. The van der Waals surface area contributed by atoms with Crippen LogP contribution in [-0.4, -0.2) is 49.3 Å². The zero-order valence-electron chi connectivity index (χ0n) is 40.7. The van der Waals surface area contributed by atoms with Gasteiger partial charge in [0.15, 0.2) is 6.10 Å². The monoisotopic (exact) mass is 924 g/mol. The van der Waals surface area contributed by atoms with Crippen molar-refractivity contribution in [1.29, 1.82) is 0 Å². The van der Waals surface area contributed by atoms with Gasteiger partial charge in [-0.15, -0.1) is 0 Å². The highest BCUT2D eigenvalue weighted by atomic mass is 31.2. The number of carbonyl (C=O) groups is 2. The van der Waals surface area contributed by atoms with E-state index < -0.39 is 32.5 Å². The standard InChI is InChI=1S/C55H90NO8P/c1-3-5-7-9-11-13-14-15-16-17-18-19-20-21-22-23-24-25-26-27-28-29-30-31-32-33-34-35-36-37-38-40-42-44-46-48-55(58)64-53(52-63-65(59,60)62-50-49-56)51-61-54(57)47-45-43-41-39-12-10-8-6-4-2/h5,7,11,13,15-16,18-19,21-22,24-25,27-28,30-31,33-34,36-37,53H,3-4,6,8-10,12,14,17,20,23,26,29,32,35,38-52,56H2,1-2H3,(H,59,60)/b7-5-,13-11-,16-15-,19-18-,22-21-,25-24-,28-27-,31-30-,34-33-,37-36-. The molecule has 0 saturated carbocycles. The zero-order chi connectivity index (χ0) is 47.4. The van der Waals surface area contributed by atoms with Crippen LogP contribution in [0.5, 0.6) is 0 Å². The highest BCUT2D eigenvalue weighted by Crippen LogP contribution is 2.43. The van der Waals surface area contributed by atoms with Gasteiger partial charge in [-0.2, -0.15) is 0 Å². The summed E-state index contributed by atoms with van der Waals surface area (Å²) in [7, 11) is -4.39. The number of allylic oxidation sites excluding steroid dienone is 20. The number of hydrogen-bond acceptors (Lipinski definition) is 8. The number of phosphoric ester groups is 1. The van der Waals surface area contributed by atoms with E-state index in [4.69, 9.17) is 24.3 Å². The molecule has 9 nitrogen and oxygen atoms in total. The van der Waals surface area contributed by atoms with E-state index in [1.807, 2.05) is 0 Å². The number of esters is 2. The summed E-state index contributed by atoms with van der Waals surface area (Å²) in [5, 5.41) is 0. The number of hydrogen-bond donors (Lipinski definition) is 2. The van der Waals surface area contributed by atoms with E-state index in [0.717, 1.165) is 109 Å². The molecule has 0 aliphatic rings. The molecule has 0 aromatic rings. The van der Waals surface area contributed by atoms with Gasteiger partial charge in [-0.05, 0) is 89.9 Å². The molecule has 65 heavy (non-hydrogen) atoms. The Morgan fingerprint density at radius 3 is 1.26 bits per heavy atom. The molecular formula is C55H90NO8P. The van der Waals surface area contributed by atoms with Crippen LogP contribution >= 0.6 is 7.82 Å². The van der Waals surface area contributed by atoms with Gasteiger partial charge in [0.2, 0.25) is 0 Å². The second kappa shape index (κ2) is 49.8. The summed E-state index contributed by atoms with van der Waals surface area (Å²) < 4.78 is 32.7. The predicted molar refractivity (Wildman–Crippen MR) is 274 cm³/mol. The Kier molecular flexibility index (Phi) is 47.1. The van der Waals surface area contributed by atoms with Crippen LogP contribution in [-0.2, 0) is 32.7 Å². The Morgan fingerprint density at radius 1 is 0.477 bits per heavy atom. The molecule has 0 amide bonds. The van der Waals surface area contributed by atoms with Crippen molar-refractivity contribution in [2.24, 2.45) is 5.73 Å². The summed E-state index contributed by atoms with van der Waals surface area (Å²) in [6.07, 6.45) is 68.3. The summed E-state index contributed by atoms with van der Waals surface area (Å²) >= 11 is 0. The first-order valence-electron chi connectivity index (χ1n) is 25.0. The van der Waals surface area contributed by atoms with Gasteiger partial charge in [-0.3, -0.25) is 18.6 Å². The minimum atomic E-state index is -4.39. The molecule has 2 atom stereocenters. The maximum Gasteiger partial charge on any atom is 0.472 e. The van der Waals surface area contributed by atoms with Gasteiger partial charge in [0.1, 0.15) is 6.61 Å². The molecule has 0 spiro atoms. The molecule has 0 bridgehead atoms. The number of carbonyl (C=O) groups excluding carboxylic acids is 2. The van der Waals surface area contributed by atoms with Gasteiger partial charge < -0.3 is 20.1 Å². The van der Waals surface area contributed by atoms with Gasteiger partial charge in [-0.1, -0.05) is 200 Å². The second-order valence-corrected chi connectivity index (χ2v) is 17.4. The zero-order valence-corrected chi connectivity index (χ0v) is 41.6. The lowest BCUT2D eigenvalue weighted by Gasteiger charge is -2.19. The smallest absolute Gasteiger partial charge is 0.462 e. The molecule has 3 N–H and O–H groups in total. The largest absolute Gasteiger partial charge is 0.472 e. The Bertz CT molecular complexity index is 1470. The van der Waals surface area contributed by atoms with Gasteiger partial charge in [-0.25, -0.2) is 4.57 Å². The summed E-state index contributed by atoms with van der Waals surface area (Å²) in [4.78, 5) is 34.8. The van der Waals surface area contributed by atoms with Crippen LogP contribution in [0, 0.1) is 0 Å². The number of nitrogens with two attached hydrogens (primary N) is 1.